The molecule has 2 N–H and O–H groups in total. The van der Waals surface area contributed by atoms with E-state index in [4.69, 9.17) is 37.9 Å². The first-order valence-electron chi connectivity index (χ1n) is 23.9. The van der Waals surface area contributed by atoms with Gasteiger partial charge in [-0.1, -0.05) is 26.0 Å². The smallest absolute Gasteiger partial charge is 0.306 e. The van der Waals surface area contributed by atoms with Crippen molar-refractivity contribution < 1.29 is 52.6 Å². The van der Waals surface area contributed by atoms with E-state index in [1.54, 1.807) is 27.5 Å². The number of allylic oxidation sites excluding steroid dienone is 2. The number of anilines is 1. The maximum Gasteiger partial charge on any atom is 0.306 e. The first kappa shape index (κ1) is 47.4. The Bertz CT molecular complexity index is 1950. The Morgan fingerprint density at radius 3 is 2.38 bits per heavy atom. The minimum Gasteiger partial charge on any atom is -0.462 e. The monoisotopic (exact) mass is 892 g/mol. The Morgan fingerprint density at radius 1 is 0.891 bits per heavy atom. The Morgan fingerprint density at radius 2 is 1.66 bits per heavy atom. The van der Waals surface area contributed by atoms with Crippen LogP contribution in [0.1, 0.15) is 85.5 Å². The van der Waals surface area contributed by atoms with Crippen LogP contribution in [0.3, 0.4) is 0 Å². The molecule has 3 aliphatic heterocycles. The van der Waals surface area contributed by atoms with Crippen molar-refractivity contribution in [2.75, 3.05) is 40.7 Å². The van der Waals surface area contributed by atoms with Crippen molar-refractivity contribution in [1.82, 2.24) is 9.88 Å². The molecule has 1 aromatic carbocycles. The predicted octanol–water partition coefficient (Wildman–Crippen LogP) is 6.32. The molecule has 6 aliphatic rings. The van der Waals surface area contributed by atoms with Crippen LogP contribution in [0.2, 0.25) is 0 Å². The van der Waals surface area contributed by atoms with E-state index in [1.807, 2.05) is 45.0 Å². The number of aliphatic hydroxyl groups excluding tert-OH is 1. The van der Waals surface area contributed by atoms with Gasteiger partial charge in [0, 0.05) is 62.4 Å². The van der Waals surface area contributed by atoms with Gasteiger partial charge >= 0.3 is 5.97 Å². The molecule has 3 aliphatic carbocycles. The molecule has 64 heavy (non-hydrogen) atoms. The highest BCUT2D eigenvalue weighted by molar-refractivity contribution is 5.99. The van der Waals surface area contributed by atoms with Crippen molar-refractivity contribution in [2.45, 2.75) is 165 Å². The molecule has 1 aromatic heterocycles. The summed E-state index contributed by atoms with van der Waals surface area (Å²) in [6, 6.07) is 9.87. The summed E-state index contributed by atoms with van der Waals surface area (Å²) >= 11 is 0. The average molecular weight is 892 g/mol. The summed E-state index contributed by atoms with van der Waals surface area (Å²) in [5.74, 6) is -2.07. The number of pyridine rings is 1. The second-order valence-electron chi connectivity index (χ2n) is 19.7. The van der Waals surface area contributed by atoms with Crippen molar-refractivity contribution in [2.24, 2.45) is 35.5 Å². The minimum absolute atomic E-state index is 0.00773. The van der Waals surface area contributed by atoms with Gasteiger partial charge in [0.2, 0.25) is 0 Å². The number of likely N-dealkylation sites (N-methyl/N-ethyl adjacent to an activating group) is 1. The summed E-state index contributed by atoms with van der Waals surface area (Å²) in [6.45, 7) is 8.06. The molecule has 0 amide bonds. The van der Waals surface area contributed by atoms with Crippen LogP contribution in [0.25, 0.3) is 10.9 Å². The number of carbonyl (C=O) groups is 2. The van der Waals surface area contributed by atoms with Crippen LogP contribution in [0.5, 0.6) is 0 Å². The van der Waals surface area contributed by atoms with Crippen LogP contribution in [-0.2, 0) is 47.5 Å². The molecule has 14 heteroatoms. The van der Waals surface area contributed by atoms with Crippen molar-refractivity contribution >= 4 is 28.3 Å². The van der Waals surface area contributed by atoms with Crippen molar-refractivity contribution in [3.8, 4) is 0 Å². The number of ether oxygens (including phenoxy) is 8. The summed E-state index contributed by atoms with van der Waals surface area (Å²) in [6.07, 6.45) is 5.05. The Balaban J connectivity index is 1.12. The van der Waals surface area contributed by atoms with Crippen LogP contribution in [0.15, 0.2) is 48.2 Å². The third-order valence-electron chi connectivity index (χ3n) is 15.8. The van der Waals surface area contributed by atoms with Crippen LogP contribution in [-0.4, -0.2) is 142 Å². The number of carbonyl (C=O) groups excluding carboxylic acids is 2. The lowest BCUT2D eigenvalue weighted by molar-refractivity contribution is -0.314. The first-order valence-corrected chi connectivity index (χ1v) is 23.9. The predicted molar refractivity (Wildman–Crippen MR) is 240 cm³/mol. The van der Waals surface area contributed by atoms with E-state index in [9.17, 15) is 9.90 Å². The third kappa shape index (κ3) is 9.55. The summed E-state index contributed by atoms with van der Waals surface area (Å²) < 4.78 is 50.4. The topological polar surface area (TPSA) is 156 Å². The number of nitrogens with zero attached hydrogens (tertiary/aromatic N) is 2. The molecule has 14 nitrogen and oxygen atoms in total. The average Bonchev–Trinajstić information content (AvgIpc) is 3.87. The highest BCUT2D eigenvalue weighted by Crippen LogP contribution is 2.57. The maximum absolute atomic E-state index is 15.2. The molecule has 3 saturated heterocycles. The lowest BCUT2D eigenvalue weighted by Crippen LogP contribution is -2.59. The van der Waals surface area contributed by atoms with Gasteiger partial charge in [-0.3, -0.25) is 14.6 Å². The number of hydrogen-bond acceptors (Lipinski definition) is 14. The molecule has 8 rings (SSSR count). The van der Waals surface area contributed by atoms with E-state index in [0.717, 1.165) is 35.9 Å². The number of esters is 1. The number of hydrogen-bond donors (Lipinski definition) is 2. The SMILES string of the molecule is CC[C@H]1CCC[C@H](O[C@H]2CC[C@H](N(C)C)C(C)O2)[C@@H](C)C(=O)C2=C[C@H]3[C@@H]4C[C@H](O[C@@H]5OC(C)[C@H](OC)C(OC)C5OC)C[C@H]4[C@H](Nc4ccc5ncccc5c4)[C@@H](O)[C@H]3[C@@H]2CC(=O)O1. The number of aromatic nitrogens is 1. The number of Topliss-reactive ketones (excluding diaryl/α,β-unsaturated/α-hetero) is 1. The van der Waals surface area contributed by atoms with Gasteiger partial charge in [0.25, 0.3) is 0 Å². The van der Waals surface area contributed by atoms with Crippen molar-refractivity contribution in [3.63, 3.8) is 0 Å². The fourth-order valence-corrected chi connectivity index (χ4v) is 12.6. The number of methoxy groups -OCH3 is 3. The molecule has 354 valence electrons. The van der Waals surface area contributed by atoms with Gasteiger partial charge in [-0.25, -0.2) is 0 Å². The summed E-state index contributed by atoms with van der Waals surface area (Å²) in [5.41, 5.74) is 2.34. The molecule has 2 saturated carbocycles. The standard InChI is InChI=1S/C50H73N3O11/c1-10-31-14-11-15-40(64-42-19-18-39(53(5)6)27(3)60-42)26(2)45(55)37-24-34-33-22-32(63-50-49(59-9)48(58-8)47(57-7)28(4)61-50)23-36(33)44(46(56)43(34)35(37)25-41(54)62-31)52-30-16-17-38-29(21-30)13-12-20-51-38/h12-13,16-17,20-21,24,26-28,31-36,39-40,42-44,46-50,52,56H,10-11,14-15,18-19,22-23,25H2,1-9H3/t26-,27?,28?,31+,32+,33+,34+,35-,36-,39+,40+,42+,43-,44+,46+,47+,48?,49?,50+/m1/s1. The van der Waals surface area contributed by atoms with E-state index < -0.39 is 60.8 Å². The number of aliphatic hydroxyl groups is 1. The van der Waals surface area contributed by atoms with Gasteiger partial charge in [0.15, 0.2) is 18.4 Å². The zero-order chi connectivity index (χ0) is 45.4. The summed E-state index contributed by atoms with van der Waals surface area (Å²) in [4.78, 5) is 35.9. The Labute approximate surface area is 379 Å². The Hall–Kier alpha value is -3.05. The van der Waals surface area contributed by atoms with Gasteiger partial charge in [-0.15, -0.1) is 0 Å². The van der Waals surface area contributed by atoms with E-state index in [2.05, 4.69) is 48.4 Å². The van der Waals surface area contributed by atoms with Crippen LogP contribution >= 0.6 is 0 Å². The lowest BCUT2D eigenvalue weighted by atomic mass is 9.62. The lowest BCUT2D eigenvalue weighted by Gasteiger charge is -2.47. The molecule has 0 spiro atoms. The third-order valence-corrected chi connectivity index (χ3v) is 15.8. The molecule has 4 unspecified atom stereocenters. The van der Waals surface area contributed by atoms with E-state index in [-0.39, 0.29) is 66.4 Å². The molecular weight excluding hydrogens is 819 g/mol. The van der Waals surface area contributed by atoms with Crippen LogP contribution in [0.4, 0.5) is 5.69 Å². The molecular formula is C50H73N3O11. The van der Waals surface area contributed by atoms with Crippen molar-refractivity contribution in [3.05, 3.63) is 48.2 Å². The molecule has 19 atom stereocenters. The number of ketones is 1. The van der Waals surface area contributed by atoms with Gasteiger partial charge < -0.3 is 53.2 Å². The fraction of sp³-hybridized carbons (Fsp3) is 0.740. The van der Waals surface area contributed by atoms with Crippen molar-refractivity contribution in [1.29, 1.82) is 0 Å². The second-order valence-corrected chi connectivity index (χ2v) is 19.7. The largest absolute Gasteiger partial charge is 0.462 e. The normalized spacial score (nSPS) is 41.9. The second kappa shape index (κ2) is 20.4. The van der Waals surface area contributed by atoms with Gasteiger partial charge in [-0.2, -0.15) is 0 Å². The molecule has 5 fully saturated rings. The van der Waals surface area contributed by atoms with E-state index >= 15 is 4.79 Å². The molecule has 0 bridgehead atoms. The zero-order valence-electron chi connectivity index (χ0n) is 39.3. The summed E-state index contributed by atoms with van der Waals surface area (Å²) in [7, 11) is 9.07. The van der Waals surface area contributed by atoms with E-state index in [0.29, 0.717) is 43.7 Å². The Kier molecular flexibility index (Phi) is 15.2. The van der Waals surface area contributed by atoms with Crippen LogP contribution in [0, 0.1) is 35.5 Å². The quantitative estimate of drug-likeness (QED) is 0.242. The number of fused-ring (bicyclic) bond motifs is 6. The minimum atomic E-state index is -0.911. The number of cyclic esters (lactones) is 1. The molecule has 2 aromatic rings. The summed E-state index contributed by atoms with van der Waals surface area (Å²) in [5, 5.41) is 17.7. The van der Waals surface area contributed by atoms with Gasteiger partial charge in [0.05, 0.1) is 48.5 Å². The zero-order valence-corrected chi connectivity index (χ0v) is 39.3. The highest BCUT2D eigenvalue weighted by Gasteiger charge is 2.60. The number of benzene rings is 1. The number of rotatable bonds is 11. The first-order chi connectivity index (χ1) is 30.8. The number of nitrogens with one attached hydrogen (secondary N) is 1. The molecule has 0 radical (unpaired) electrons. The molecule has 4 heterocycles. The maximum atomic E-state index is 15.2. The fourth-order valence-electron chi connectivity index (χ4n) is 12.6. The van der Waals surface area contributed by atoms with Gasteiger partial charge in [0.1, 0.15) is 24.4 Å². The van der Waals surface area contributed by atoms with E-state index in [1.165, 1.54) is 0 Å². The van der Waals surface area contributed by atoms with Gasteiger partial charge in [-0.05, 0) is 127 Å². The highest BCUT2D eigenvalue weighted by atomic mass is 16.7. The van der Waals surface area contributed by atoms with Crippen LogP contribution < -0.4 is 5.32 Å².